The first-order valence-electron chi connectivity index (χ1n) is 11.0. The smallest absolute Gasteiger partial charge is 0.222 e. The van der Waals surface area contributed by atoms with E-state index in [4.69, 9.17) is 0 Å². The Balaban J connectivity index is 1.30. The van der Waals surface area contributed by atoms with Crippen LogP contribution in [0.25, 0.3) is 10.2 Å². The van der Waals surface area contributed by atoms with E-state index in [1.165, 1.54) is 17.6 Å². The number of rotatable bonds is 7. The van der Waals surface area contributed by atoms with Crippen LogP contribution >= 0.6 is 11.3 Å². The highest BCUT2D eigenvalue weighted by molar-refractivity contribution is 7.91. The van der Waals surface area contributed by atoms with Crippen LogP contribution in [0.5, 0.6) is 0 Å². The summed E-state index contributed by atoms with van der Waals surface area (Å²) in [5.74, 6) is -0.0935. The van der Waals surface area contributed by atoms with Crippen LogP contribution in [0.15, 0.2) is 52.3 Å². The quantitative estimate of drug-likeness (QED) is 0.471. The summed E-state index contributed by atoms with van der Waals surface area (Å²) in [5, 5.41) is 0.803. The van der Waals surface area contributed by atoms with E-state index in [1.54, 1.807) is 47.4 Å². The van der Waals surface area contributed by atoms with Gasteiger partial charge in [0.2, 0.25) is 5.91 Å². The summed E-state index contributed by atoms with van der Waals surface area (Å²) in [7, 11) is -6.67. The molecule has 1 aliphatic heterocycles. The van der Waals surface area contributed by atoms with Crippen LogP contribution in [-0.2, 0) is 24.5 Å². The molecule has 0 unspecified atom stereocenters. The van der Waals surface area contributed by atoms with Crippen LogP contribution in [-0.4, -0.2) is 70.8 Å². The second-order valence-electron chi connectivity index (χ2n) is 8.50. The average molecular weight is 522 g/mol. The molecule has 11 heteroatoms. The third kappa shape index (κ3) is 5.59. The van der Waals surface area contributed by atoms with E-state index < -0.39 is 19.7 Å². The first-order valence-corrected chi connectivity index (χ1v) is 15.3. The third-order valence-corrected chi connectivity index (χ3v) is 9.87. The Morgan fingerprint density at radius 1 is 0.971 bits per heavy atom. The minimum Gasteiger partial charge on any atom is -0.345 e. The Bertz CT molecular complexity index is 1410. The van der Waals surface area contributed by atoms with E-state index in [-0.39, 0.29) is 29.4 Å². The first kappa shape index (κ1) is 24.6. The van der Waals surface area contributed by atoms with Gasteiger partial charge in [-0.25, -0.2) is 21.8 Å². The molecule has 0 bridgehead atoms. The molecule has 0 spiro atoms. The van der Waals surface area contributed by atoms with Gasteiger partial charge in [-0.1, -0.05) is 29.0 Å². The number of carbonyl (C=O) groups excluding carboxylic acids is 1. The molecular formula is C23H27N3O5S3. The van der Waals surface area contributed by atoms with Crippen LogP contribution in [0.2, 0.25) is 0 Å². The molecule has 8 nitrogen and oxygen atoms in total. The van der Waals surface area contributed by atoms with Gasteiger partial charge in [-0.15, -0.1) is 0 Å². The zero-order valence-electron chi connectivity index (χ0n) is 19.1. The second kappa shape index (κ2) is 9.63. The van der Waals surface area contributed by atoms with Gasteiger partial charge in [0.25, 0.3) is 0 Å². The highest BCUT2D eigenvalue weighted by atomic mass is 32.2. The summed E-state index contributed by atoms with van der Waals surface area (Å²) in [6.07, 6.45) is 1.67. The zero-order valence-corrected chi connectivity index (χ0v) is 21.5. The summed E-state index contributed by atoms with van der Waals surface area (Å²) < 4.78 is 49.4. The number of aromatic nitrogens is 1. The lowest BCUT2D eigenvalue weighted by molar-refractivity contribution is -0.131. The number of nitrogens with zero attached hydrogens (tertiary/aromatic N) is 3. The molecule has 0 radical (unpaired) electrons. The normalized spacial score (nSPS) is 15.1. The monoisotopic (exact) mass is 521 g/mol. The summed E-state index contributed by atoms with van der Waals surface area (Å²) in [6, 6.07) is 11.7. The van der Waals surface area contributed by atoms with Crippen LogP contribution in [0.3, 0.4) is 0 Å². The molecule has 2 aromatic carbocycles. The van der Waals surface area contributed by atoms with E-state index in [0.29, 0.717) is 31.1 Å². The lowest BCUT2D eigenvalue weighted by atomic mass is 10.2. The minimum atomic E-state index is -3.40. The first-order chi connectivity index (χ1) is 16.0. The average Bonchev–Trinajstić information content (AvgIpc) is 3.22. The molecule has 0 N–H and O–H groups in total. The minimum absolute atomic E-state index is 0.0409. The van der Waals surface area contributed by atoms with Crippen molar-refractivity contribution in [1.29, 1.82) is 0 Å². The predicted molar refractivity (Wildman–Crippen MR) is 134 cm³/mol. The van der Waals surface area contributed by atoms with Gasteiger partial charge in [-0.3, -0.25) is 4.79 Å². The molecule has 1 saturated heterocycles. The van der Waals surface area contributed by atoms with Crippen LogP contribution < -0.4 is 4.90 Å². The van der Waals surface area contributed by atoms with E-state index >= 15 is 0 Å². The molecule has 34 heavy (non-hydrogen) atoms. The molecule has 1 amide bonds. The molecular weight excluding hydrogens is 494 g/mol. The topological polar surface area (TPSA) is 105 Å². The number of piperazine rings is 1. The maximum atomic E-state index is 12.6. The molecule has 3 aromatic rings. The van der Waals surface area contributed by atoms with Crippen molar-refractivity contribution in [2.24, 2.45) is 0 Å². The van der Waals surface area contributed by atoms with Gasteiger partial charge < -0.3 is 9.80 Å². The molecule has 2 heterocycles. The summed E-state index contributed by atoms with van der Waals surface area (Å²) in [5.41, 5.74) is 1.75. The maximum Gasteiger partial charge on any atom is 0.222 e. The highest BCUT2D eigenvalue weighted by Gasteiger charge is 2.24. The van der Waals surface area contributed by atoms with E-state index in [2.05, 4.69) is 9.88 Å². The number of hydrogen-bond acceptors (Lipinski definition) is 8. The van der Waals surface area contributed by atoms with Gasteiger partial charge in [0.1, 0.15) is 0 Å². The lowest BCUT2D eigenvalue weighted by Crippen LogP contribution is -2.48. The van der Waals surface area contributed by atoms with Crippen LogP contribution in [0.1, 0.15) is 18.4 Å². The van der Waals surface area contributed by atoms with E-state index in [9.17, 15) is 21.6 Å². The molecule has 0 aliphatic carbocycles. The van der Waals surface area contributed by atoms with Crippen molar-refractivity contribution in [1.82, 2.24) is 9.88 Å². The molecule has 0 saturated carbocycles. The molecule has 4 rings (SSSR count). The summed E-state index contributed by atoms with van der Waals surface area (Å²) >= 11 is 1.44. The van der Waals surface area contributed by atoms with Gasteiger partial charge in [0.05, 0.1) is 25.8 Å². The van der Waals surface area contributed by atoms with Gasteiger partial charge in [0, 0.05) is 38.9 Å². The van der Waals surface area contributed by atoms with Crippen molar-refractivity contribution >= 4 is 52.3 Å². The number of thiazole rings is 1. The number of benzene rings is 2. The standard InChI is InChI=1S/C23H27N3O5S3/c1-17-5-7-18(8-6-17)34(30,31)15-3-4-22(27)25-11-13-26(14-12-25)23-24-20-10-9-19(33(2,28)29)16-21(20)32-23/h5-10,16H,3-4,11-15H2,1-2H3. The van der Waals surface area contributed by atoms with Crippen molar-refractivity contribution in [3.8, 4) is 0 Å². The highest BCUT2D eigenvalue weighted by Crippen LogP contribution is 2.31. The molecule has 182 valence electrons. The number of sulfone groups is 2. The van der Waals surface area contributed by atoms with E-state index in [1.807, 2.05) is 6.92 Å². The van der Waals surface area contributed by atoms with Crippen molar-refractivity contribution < 1.29 is 21.6 Å². The molecule has 1 fully saturated rings. The van der Waals surface area contributed by atoms with Crippen molar-refractivity contribution in [2.45, 2.75) is 29.6 Å². The zero-order chi connectivity index (χ0) is 24.5. The Morgan fingerprint density at radius 3 is 2.26 bits per heavy atom. The van der Waals surface area contributed by atoms with Gasteiger partial charge in [-0.2, -0.15) is 0 Å². The number of carbonyl (C=O) groups is 1. The van der Waals surface area contributed by atoms with Crippen molar-refractivity contribution in [3.05, 3.63) is 48.0 Å². The number of hydrogen-bond donors (Lipinski definition) is 0. The van der Waals surface area contributed by atoms with Crippen molar-refractivity contribution in [2.75, 3.05) is 43.1 Å². The van der Waals surface area contributed by atoms with E-state index in [0.717, 1.165) is 20.9 Å². The fourth-order valence-corrected chi connectivity index (χ4v) is 6.93. The number of aryl methyl sites for hydroxylation is 1. The predicted octanol–water partition coefficient (Wildman–Crippen LogP) is 2.91. The van der Waals surface area contributed by atoms with Gasteiger partial charge in [0.15, 0.2) is 24.8 Å². The van der Waals surface area contributed by atoms with Gasteiger partial charge >= 0.3 is 0 Å². The Kier molecular flexibility index (Phi) is 6.97. The Morgan fingerprint density at radius 2 is 1.62 bits per heavy atom. The summed E-state index contributed by atoms with van der Waals surface area (Å²) in [4.78, 5) is 21.7. The molecule has 1 aromatic heterocycles. The molecule has 1 aliphatic rings. The Hall–Kier alpha value is -2.50. The maximum absolute atomic E-state index is 12.6. The van der Waals surface area contributed by atoms with Crippen LogP contribution in [0, 0.1) is 6.92 Å². The Labute approximate surface area is 204 Å². The number of anilines is 1. The largest absolute Gasteiger partial charge is 0.345 e. The third-order valence-electron chi connectivity index (χ3n) is 5.86. The summed E-state index contributed by atoms with van der Waals surface area (Å²) in [6.45, 7) is 4.21. The fraction of sp³-hybridized carbons (Fsp3) is 0.391. The molecule has 0 atom stereocenters. The van der Waals surface area contributed by atoms with Crippen LogP contribution in [0.4, 0.5) is 5.13 Å². The number of amides is 1. The number of fused-ring (bicyclic) bond motifs is 1. The second-order valence-corrected chi connectivity index (χ2v) is 13.6. The van der Waals surface area contributed by atoms with Gasteiger partial charge in [-0.05, 0) is 43.7 Å². The SMILES string of the molecule is Cc1ccc(S(=O)(=O)CCCC(=O)N2CCN(c3nc4ccc(S(C)(=O)=O)cc4s3)CC2)cc1. The lowest BCUT2D eigenvalue weighted by Gasteiger charge is -2.34. The van der Waals surface area contributed by atoms with Crippen molar-refractivity contribution in [3.63, 3.8) is 0 Å². The fourth-order valence-electron chi connectivity index (χ4n) is 3.84.